The Balaban J connectivity index is 1.79. The van der Waals surface area contributed by atoms with Crippen LogP contribution in [0.25, 0.3) is 0 Å². The van der Waals surface area contributed by atoms with E-state index in [0.717, 1.165) is 15.6 Å². The molecule has 0 unspecified atom stereocenters. The topological polar surface area (TPSA) is 66.5 Å². The summed E-state index contributed by atoms with van der Waals surface area (Å²) in [5, 5.41) is 2.92. The van der Waals surface area contributed by atoms with E-state index in [-0.39, 0.29) is 22.7 Å². The molecular weight excluding hydrogens is 375 g/mol. The molecule has 5 nitrogen and oxygen atoms in total. The predicted molar refractivity (Wildman–Crippen MR) is 99.3 cm³/mol. The third kappa shape index (κ3) is 3.62. The van der Waals surface area contributed by atoms with Gasteiger partial charge in [0.15, 0.2) is 0 Å². The van der Waals surface area contributed by atoms with Crippen LogP contribution >= 0.6 is 11.8 Å². The van der Waals surface area contributed by atoms with E-state index < -0.39 is 10.0 Å². The van der Waals surface area contributed by atoms with Crippen LogP contribution in [0, 0.1) is 5.82 Å². The molecule has 2 aromatic rings. The number of hydrogen-bond donors (Lipinski definition) is 1. The highest BCUT2D eigenvalue weighted by Crippen LogP contribution is 2.37. The molecule has 1 amide bonds. The van der Waals surface area contributed by atoms with Gasteiger partial charge in [-0.2, -0.15) is 0 Å². The zero-order chi connectivity index (χ0) is 18.9. The van der Waals surface area contributed by atoms with E-state index in [4.69, 9.17) is 0 Å². The van der Waals surface area contributed by atoms with Crippen LogP contribution in [0.2, 0.25) is 0 Å². The number of nitrogens with one attached hydrogen (secondary N) is 1. The van der Waals surface area contributed by atoms with Gasteiger partial charge in [0.05, 0.1) is 10.9 Å². The minimum absolute atomic E-state index is 0.125. The van der Waals surface area contributed by atoms with E-state index in [9.17, 15) is 17.6 Å². The second-order valence-electron chi connectivity index (χ2n) is 6.13. The number of fused-ring (bicyclic) bond motifs is 1. The molecule has 0 saturated heterocycles. The summed E-state index contributed by atoms with van der Waals surface area (Å²) < 4.78 is 39.2. The van der Waals surface area contributed by atoms with Crippen molar-refractivity contribution in [1.82, 2.24) is 9.62 Å². The number of hydrogen-bond acceptors (Lipinski definition) is 4. The summed E-state index contributed by atoms with van der Waals surface area (Å²) in [5.74, 6) is 0.134. The van der Waals surface area contributed by atoms with Crippen molar-refractivity contribution >= 4 is 27.7 Å². The maximum absolute atomic E-state index is 13.9. The third-order valence-corrected chi connectivity index (χ3v) is 7.21. The number of thioether (sulfide) groups is 1. The summed E-state index contributed by atoms with van der Waals surface area (Å²) in [6, 6.07) is 10.4. The molecule has 1 N–H and O–H groups in total. The van der Waals surface area contributed by atoms with Crippen LogP contribution in [0.15, 0.2) is 52.3 Å². The van der Waals surface area contributed by atoms with Gasteiger partial charge in [-0.25, -0.2) is 17.1 Å². The molecule has 0 saturated carbocycles. The van der Waals surface area contributed by atoms with Gasteiger partial charge in [0.1, 0.15) is 5.82 Å². The molecule has 1 aliphatic heterocycles. The van der Waals surface area contributed by atoms with Crippen molar-refractivity contribution in [3.8, 4) is 0 Å². The fourth-order valence-electron chi connectivity index (χ4n) is 2.77. The van der Waals surface area contributed by atoms with Crippen molar-refractivity contribution in [2.75, 3.05) is 19.8 Å². The average Bonchev–Trinajstić information content (AvgIpc) is 2.62. The molecule has 0 fully saturated rings. The molecule has 138 valence electrons. The number of halogens is 1. The van der Waals surface area contributed by atoms with Gasteiger partial charge < -0.3 is 5.32 Å². The molecule has 0 spiro atoms. The molecule has 1 atom stereocenters. The Morgan fingerprint density at radius 1 is 1.19 bits per heavy atom. The van der Waals surface area contributed by atoms with Gasteiger partial charge in [-0.05, 0) is 42.3 Å². The number of nitrogens with zero attached hydrogens (tertiary/aromatic N) is 1. The predicted octanol–water partition coefficient (Wildman–Crippen LogP) is 3.04. The zero-order valence-corrected chi connectivity index (χ0v) is 16.0. The van der Waals surface area contributed by atoms with Crippen LogP contribution in [-0.2, 0) is 10.0 Å². The van der Waals surface area contributed by atoms with Gasteiger partial charge in [0, 0.05) is 30.3 Å². The molecule has 0 aliphatic carbocycles. The van der Waals surface area contributed by atoms with Gasteiger partial charge in [-0.15, -0.1) is 11.8 Å². The average molecular weight is 394 g/mol. The van der Waals surface area contributed by atoms with Crippen LogP contribution in [0.5, 0.6) is 0 Å². The van der Waals surface area contributed by atoms with E-state index >= 15 is 0 Å². The highest BCUT2D eigenvalue weighted by atomic mass is 32.2. The van der Waals surface area contributed by atoms with Gasteiger partial charge in [-0.3, -0.25) is 4.79 Å². The number of sulfonamides is 1. The molecule has 3 rings (SSSR count). The molecule has 1 heterocycles. The lowest BCUT2D eigenvalue weighted by Gasteiger charge is -2.26. The second-order valence-corrected chi connectivity index (χ2v) is 9.39. The van der Waals surface area contributed by atoms with E-state index in [1.54, 1.807) is 6.07 Å². The van der Waals surface area contributed by atoms with Crippen LogP contribution in [0.3, 0.4) is 0 Å². The normalized spacial score (nSPS) is 17.0. The zero-order valence-electron chi connectivity index (χ0n) is 14.4. The minimum Gasteiger partial charge on any atom is -0.345 e. The maximum atomic E-state index is 13.9. The van der Waals surface area contributed by atoms with Gasteiger partial charge in [0.2, 0.25) is 10.0 Å². The summed E-state index contributed by atoms with van der Waals surface area (Å²) in [7, 11) is -0.630. The summed E-state index contributed by atoms with van der Waals surface area (Å²) in [5.41, 5.74) is 1.14. The van der Waals surface area contributed by atoms with Crippen LogP contribution < -0.4 is 5.32 Å². The van der Waals surface area contributed by atoms with Crippen LogP contribution in [-0.4, -0.2) is 38.5 Å². The highest BCUT2D eigenvalue weighted by Gasteiger charge is 2.25. The van der Waals surface area contributed by atoms with E-state index in [0.29, 0.717) is 16.9 Å². The van der Waals surface area contributed by atoms with Crippen LogP contribution in [0.4, 0.5) is 4.39 Å². The van der Waals surface area contributed by atoms with Crippen molar-refractivity contribution < 1.29 is 17.6 Å². The largest absolute Gasteiger partial charge is 0.345 e. The lowest BCUT2D eigenvalue weighted by molar-refractivity contribution is 0.0934. The van der Waals surface area contributed by atoms with Gasteiger partial charge in [-0.1, -0.05) is 12.1 Å². The van der Waals surface area contributed by atoms with Crippen molar-refractivity contribution in [1.29, 1.82) is 0 Å². The van der Waals surface area contributed by atoms with E-state index in [1.807, 2.05) is 6.07 Å². The summed E-state index contributed by atoms with van der Waals surface area (Å²) in [6.07, 6.45) is 0.708. The quantitative estimate of drug-likeness (QED) is 0.866. The first-order valence-electron chi connectivity index (χ1n) is 8.05. The SMILES string of the molecule is CN(C)S(=O)(=O)c1ccc(C(=O)N[C@H]2CCSc3c(F)cccc32)cc1. The molecule has 0 aromatic heterocycles. The molecular formula is C18H19FN2O3S2. The summed E-state index contributed by atoms with van der Waals surface area (Å²) in [4.78, 5) is 13.2. The van der Waals surface area contributed by atoms with E-state index in [1.165, 1.54) is 56.2 Å². The number of rotatable bonds is 4. The molecule has 8 heteroatoms. The Morgan fingerprint density at radius 3 is 2.54 bits per heavy atom. The molecule has 1 aliphatic rings. The fraction of sp³-hybridized carbons (Fsp3) is 0.278. The molecule has 0 bridgehead atoms. The fourth-order valence-corrected chi connectivity index (χ4v) is 4.81. The minimum atomic E-state index is -3.53. The first kappa shape index (κ1) is 18.9. The third-order valence-electron chi connectivity index (χ3n) is 4.23. The lowest BCUT2D eigenvalue weighted by atomic mass is 10.0. The standard InChI is InChI=1S/C18H19FN2O3S2/c1-21(2)26(23,24)13-8-6-12(7-9-13)18(22)20-16-10-11-25-17-14(16)4-3-5-15(17)19/h3-9,16H,10-11H2,1-2H3,(H,20,22)/t16-/m0/s1. The number of amides is 1. The van der Waals surface area contributed by atoms with Crippen molar-refractivity contribution in [2.45, 2.75) is 22.3 Å². The Labute approximate surface area is 156 Å². The van der Waals surface area contributed by atoms with Gasteiger partial charge in [0.25, 0.3) is 5.91 Å². The Kier molecular flexibility index (Phi) is 5.36. The lowest BCUT2D eigenvalue weighted by Crippen LogP contribution is -2.31. The first-order valence-corrected chi connectivity index (χ1v) is 10.5. The van der Waals surface area contributed by atoms with Crippen molar-refractivity contribution in [3.05, 3.63) is 59.4 Å². The van der Waals surface area contributed by atoms with Crippen molar-refractivity contribution in [2.24, 2.45) is 0 Å². The Morgan fingerprint density at radius 2 is 1.88 bits per heavy atom. The highest BCUT2D eigenvalue weighted by molar-refractivity contribution is 7.99. The summed E-state index contributed by atoms with van der Waals surface area (Å²) in [6.45, 7) is 0. The van der Waals surface area contributed by atoms with E-state index in [2.05, 4.69) is 5.32 Å². The molecule has 2 aromatic carbocycles. The number of benzene rings is 2. The summed E-state index contributed by atoms with van der Waals surface area (Å²) >= 11 is 1.45. The second kappa shape index (κ2) is 7.38. The Bertz CT molecular complexity index is 928. The monoisotopic (exact) mass is 394 g/mol. The number of carbonyl (C=O) groups excluding carboxylic acids is 1. The molecule has 26 heavy (non-hydrogen) atoms. The first-order chi connectivity index (χ1) is 12.3. The smallest absolute Gasteiger partial charge is 0.251 e. The Hall–Kier alpha value is -1.90. The number of carbonyl (C=O) groups is 1. The molecule has 0 radical (unpaired) electrons. The van der Waals surface area contributed by atoms with Crippen molar-refractivity contribution in [3.63, 3.8) is 0 Å². The van der Waals surface area contributed by atoms with Crippen LogP contribution in [0.1, 0.15) is 28.4 Å². The van der Waals surface area contributed by atoms with Gasteiger partial charge >= 0.3 is 0 Å². The maximum Gasteiger partial charge on any atom is 0.251 e.